The Hall–Kier alpha value is -4.46. The minimum Gasteiger partial charge on any atom is -0.508 e. The van der Waals surface area contributed by atoms with Crippen LogP contribution >= 0.6 is 0 Å². The molecule has 0 bridgehead atoms. The van der Waals surface area contributed by atoms with E-state index in [4.69, 9.17) is 14.2 Å². The first kappa shape index (κ1) is 34.0. The predicted octanol–water partition coefficient (Wildman–Crippen LogP) is 8.27. The highest BCUT2D eigenvalue weighted by Crippen LogP contribution is 2.32. The second-order valence-corrected chi connectivity index (χ2v) is 12.7. The number of rotatable bonds is 12. The molecule has 0 saturated heterocycles. The van der Waals surface area contributed by atoms with Gasteiger partial charge in [0.25, 0.3) is 0 Å². The van der Waals surface area contributed by atoms with Gasteiger partial charge in [0.05, 0.1) is 18.7 Å². The first-order valence-electron chi connectivity index (χ1n) is 14.9. The normalized spacial score (nSPS) is 12.9. The van der Waals surface area contributed by atoms with E-state index in [1.807, 2.05) is 30.3 Å². The molecule has 0 unspecified atom stereocenters. The largest absolute Gasteiger partial charge is 0.508 e. The quantitative estimate of drug-likeness (QED) is 0.180. The SMILES string of the molecule is C=Cc1ccc(CCCCOc2ccc([C@@H](NC(=O)OC(C)(C)C)[C@H](NC(=O)OC(C)(C)C)c3ccc(O)cc3)cc2)cc1. The molecule has 0 aliphatic carbocycles. The Balaban J connectivity index is 1.77. The third-order valence-electron chi connectivity index (χ3n) is 6.51. The molecule has 3 rings (SSSR count). The number of phenolic OH excluding ortho intramolecular Hbond substituents is 1. The van der Waals surface area contributed by atoms with Crippen molar-refractivity contribution in [3.05, 3.63) is 102 Å². The number of hydrogen-bond donors (Lipinski definition) is 3. The number of nitrogens with one attached hydrogen (secondary N) is 2. The highest BCUT2D eigenvalue weighted by molar-refractivity contribution is 5.71. The van der Waals surface area contributed by atoms with E-state index >= 15 is 0 Å². The van der Waals surface area contributed by atoms with Gasteiger partial charge in [-0.1, -0.05) is 61.2 Å². The third-order valence-corrected chi connectivity index (χ3v) is 6.51. The Bertz CT molecular complexity index is 1350. The molecule has 2 atom stereocenters. The van der Waals surface area contributed by atoms with Gasteiger partial charge in [-0.15, -0.1) is 0 Å². The van der Waals surface area contributed by atoms with Gasteiger partial charge in [0, 0.05) is 0 Å². The van der Waals surface area contributed by atoms with Crippen LogP contribution in [0.25, 0.3) is 6.08 Å². The lowest BCUT2D eigenvalue weighted by molar-refractivity contribution is 0.0427. The Morgan fingerprint density at radius 1 is 0.750 bits per heavy atom. The third kappa shape index (κ3) is 11.7. The van der Waals surface area contributed by atoms with Crippen LogP contribution in [-0.4, -0.2) is 35.1 Å². The maximum Gasteiger partial charge on any atom is 0.408 e. The fourth-order valence-corrected chi connectivity index (χ4v) is 4.48. The molecule has 0 aliphatic heterocycles. The fraction of sp³-hybridized carbons (Fsp3) is 0.389. The van der Waals surface area contributed by atoms with E-state index in [1.165, 1.54) is 17.7 Å². The molecular weight excluding hydrogens is 556 g/mol. The van der Waals surface area contributed by atoms with Crippen LogP contribution in [0.4, 0.5) is 9.59 Å². The highest BCUT2D eigenvalue weighted by Gasteiger charge is 2.31. The minimum atomic E-state index is -0.759. The molecular formula is C36H46N2O6. The van der Waals surface area contributed by atoms with E-state index < -0.39 is 35.5 Å². The Morgan fingerprint density at radius 3 is 1.68 bits per heavy atom. The van der Waals surface area contributed by atoms with Crippen molar-refractivity contribution in [1.82, 2.24) is 10.6 Å². The van der Waals surface area contributed by atoms with Crippen LogP contribution in [0.3, 0.4) is 0 Å². The molecule has 0 heterocycles. The summed E-state index contributed by atoms with van der Waals surface area (Å²) >= 11 is 0. The number of alkyl carbamates (subject to hydrolysis) is 2. The molecule has 3 aromatic carbocycles. The summed E-state index contributed by atoms with van der Waals surface area (Å²) in [6, 6.07) is 20.7. The van der Waals surface area contributed by atoms with Crippen molar-refractivity contribution in [2.24, 2.45) is 0 Å². The van der Waals surface area contributed by atoms with Gasteiger partial charge in [0.1, 0.15) is 22.7 Å². The van der Waals surface area contributed by atoms with Crippen molar-refractivity contribution < 1.29 is 28.9 Å². The summed E-state index contributed by atoms with van der Waals surface area (Å²) in [5.74, 6) is 0.773. The number of ether oxygens (including phenoxy) is 3. The summed E-state index contributed by atoms with van der Waals surface area (Å²) in [4.78, 5) is 26.0. The van der Waals surface area contributed by atoms with E-state index in [9.17, 15) is 14.7 Å². The van der Waals surface area contributed by atoms with Crippen molar-refractivity contribution in [3.63, 3.8) is 0 Å². The van der Waals surface area contributed by atoms with Crippen LogP contribution in [0.1, 0.15) is 88.7 Å². The molecule has 0 fully saturated rings. The first-order valence-corrected chi connectivity index (χ1v) is 14.9. The van der Waals surface area contributed by atoms with Gasteiger partial charge in [0.2, 0.25) is 0 Å². The number of carbonyl (C=O) groups excluding carboxylic acids is 2. The number of carbonyl (C=O) groups is 2. The van der Waals surface area contributed by atoms with E-state index in [2.05, 4.69) is 41.5 Å². The van der Waals surface area contributed by atoms with Gasteiger partial charge in [0.15, 0.2) is 0 Å². The number of phenols is 1. The Labute approximate surface area is 261 Å². The summed E-state index contributed by atoms with van der Waals surface area (Å²) in [7, 11) is 0. The molecule has 8 heteroatoms. The number of unbranched alkanes of at least 4 members (excludes halogenated alkanes) is 1. The monoisotopic (exact) mass is 602 g/mol. The number of amides is 2. The zero-order valence-electron chi connectivity index (χ0n) is 26.7. The molecule has 8 nitrogen and oxygen atoms in total. The Morgan fingerprint density at radius 2 is 1.23 bits per heavy atom. The molecule has 2 amide bonds. The zero-order chi connectivity index (χ0) is 32.3. The second-order valence-electron chi connectivity index (χ2n) is 12.7. The molecule has 0 spiro atoms. The second kappa shape index (κ2) is 15.3. The lowest BCUT2D eigenvalue weighted by Crippen LogP contribution is -2.44. The lowest BCUT2D eigenvalue weighted by Gasteiger charge is -2.31. The zero-order valence-corrected chi connectivity index (χ0v) is 26.7. The molecule has 3 aromatic rings. The predicted molar refractivity (Wildman–Crippen MR) is 174 cm³/mol. The fourth-order valence-electron chi connectivity index (χ4n) is 4.48. The van der Waals surface area contributed by atoms with Crippen LogP contribution < -0.4 is 15.4 Å². The summed E-state index contributed by atoms with van der Waals surface area (Å²) < 4.78 is 17.1. The van der Waals surface area contributed by atoms with Crippen molar-refractivity contribution in [2.75, 3.05) is 6.61 Å². The van der Waals surface area contributed by atoms with E-state index in [-0.39, 0.29) is 5.75 Å². The van der Waals surface area contributed by atoms with Crippen molar-refractivity contribution in [2.45, 2.75) is 84.1 Å². The van der Waals surface area contributed by atoms with Crippen LogP contribution in [0.2, 0.25) is 0 Å². The van der Waals surface area contributed by atoms with Crippen LogP contribution in [0, 0.1) is 0 Å². The van der Waals surface area contributed by atoms with Gasteiger partial charge in [-0.2, -0.15) is 0 Å². The van der Waals surface area contributed by atoms with Crippen LogP contribution in [0.5, 0.6) is 11.5 Å². The molecule has 0 aliphatic rings. The first-order chi connectivity index (χ1) is 20.7. The molecule has 3 N–H and O–H groups in total. The number of hydrogen-bond acceptors (Lipinski definition) is 6. The van der Waals surface area contributed by atoms with E-state index in [0.717, 1.165) is 24.8 Å². The summed E-state index contributed by atoms with van der Waals surface area (Å²) in [6.45, 7) is 15.0. The maximum absolute atomic E-state index is 13.0. The topological polar surface area (TPSA) is 106 Å². The van der Waals surface area contributed by atoms with E-state index in [0.29, 0.717) is 23.5 Å². The van der Waals surface area contributed by atoms with Crippen molar-refractivity contribution >= 4 is 18.3 Å². The van der Waals surface area contributed by atoms with Gasteiger partial charge < -0.3 is 30.0 Å². The molecule has 0 saturated carbocycles. The maximum atomic E-state index is 13.0. The Kier molecular flexibility index (Phi) is 11.9. The summed E-state index contributed by atoms with van der Waals surface area (Å²) in [5.41, 5.74) is 2.29. The van der Waals surface area contributed by atoms with Gasteiger partial charge in [-0.25, -0.2) is 9.59 Å². The minimum absolute atomic E-state index is 0.0773. The van der Waals surface area contributed by atoms with Crippen LogP contribution in [-0.2, 0) is 15.9 Å². The van der Waals surface area contributed by atoms with Gasteiger partial charge in [-0.05, 0) is 107 Å². The van der Waals surface area contributed by atoms with Crippen molar-refractivity contribution in [3.8, 4) is 11.5 Å². The summed E-state index contributed by atoms with van der Waals surface area (Å²) in [5, 5.41) is 15.7. The van der Waals surface area contributed by atoms with Gasteiger partial charge >= 0.3 is 12.2 Å². The highest BCUT2D eigenvalue weighted by atomic mass is 16.6. The lowest BCUT2D eigenvalue weighted by atomic mass is 9.93. The summed E-state index contributed by atoms with van der Waals surface area (Å²) in [6.07, 6.45) is 3.42. The number of aromatic hydroxyl groups is 1. The van der Waals surface area contributed by atoms with Crippen molar-refractivity contribution in [1.29, 1.82) is 0 Å². The van der Waals surface area contributed by atoms with Crippen LogP contribution in [0.15, 0.2) is 79.4 Å². The smallest absolute Gasteiger partial charge is 0.408 e. The average molecular weight is 603 g/mol. The molecule has 44 heavy (non-hydrogen) atoms. The molecule has 236 valence electrons. The standard InChI is InChI=1S/C36H46N2O6/c1-8-25-12-14-26(15-13-25)11-9-10-24-42-30-22-18-28(19-23-30)32(38-34(41)44-36(5,6)7)31(27-16-20-29(39)21-17-27)37-33(40)43-35(2,3)4/h8,12-23,31-32,39H,1,9-11,24H2,2-7H3,(H,37,40)(H,38,41)/t31-,32-/m1/s1. The average Bonchev–Trinajstić information content (AvgIpc) is 2.94. The van der Waals surface area contributed by atoms with Gasteiger partial charge in [-0.3, -0.25) is 0 Å². The molecule has 0 radical (unpaired) electrons. The number of aryl methyl sites for hydroxylation is 1. The molecule has 0 aromatic heterocycles. The number of benzene rings is 3. The van der Waals surface area contributed by atoms with E-state index in [1.54, 1.807) is 53.7 Å².